The largest absolute Gasteiger partial charge is 0.368 e. The third-order valence-electron chi connectivity index (χ3n) is 5.17. The third-order valence-corrected chi connectivity index (χ3v) is 5.17. The van der Waals surface area contributed by atoms with Crippen LogP contribution in [-0.4, -0.2) is 54.5 Å². The minimum absolute atomic E-state index is 0.137. The molecule has 0 unspecified atom stereocenters. The highest BCUT2D eigenvalue weighted by Gasteiger charge is 2.22. The number of anilines is 1. The fraction of sp³-hybridized carbons (Fsp3) is 0.0476. The average Bonchev–Trinajstić information content (AvgIpc) is 3.66. The molecule has 1 aromatic carbocycles. The van der Waals surface area contributed by atoms with E-state index in [9.17, 15) is 0 Å². The first-order valence-corrected chi connectivity index (χ1v) is 10.3. The van der Waals surface area contributed by atoms with Gasteiger partial charge >= 0.3 is 0 Å². The molecule has 0 aliphatic heterocycles. The van der Waals surface area contributed by atoms with Crippen molar-refractivity contribution in [3.8, 4) is 22.5 Å². The van der Waals surface area contributed by atoms with Gasteiger partial charge in [-0.2, -0.15) is 4.52 Å². The Bertz CT molecular complexity index is 1690. The lowest BCUT2D eigenvalue weighted by molar-refractivity contribution is -0.825. The number of nitrogens with two attached hydrogens (primary N) is 1. The van der Waals surface area contributed by atoms with Crippen molar-refractivity contribution in [3.05, 3.63) is 84.9 Å². The monoisotopic (exact) mass is 463 g/mol. The van der Waals surface area contributed by atoms with Crippen molar-refractivity contribution in [2.75, 3.05) is 5.73 Å². The molecular formula is C21H15N14+. The van der Waals surface area contributed by atoms with Crippen molar-refractivity contribution in [3.63, 3.8) is 0 Å². The van der Waals surface area contributed by atoms with Crippen molar-refractivity contribution >= 4 is 17.3 Å². The van der Waals surface area contributed by atoms with Gasteiger partial charge in [-0.15, -0.1) is 5.10 Å². The number of fused-ring (bicyclic) bond motifs is 1. The van der Waals surface area contributed by atoms with Crippen LogP contribution in [0.1, 0.15) is 5.82 Å². The Morgan fingerprint density at radius 3 is 2.86 bits per heavy atom. The normalized spacial score (nSPS) is 11.1. The highest BCUT2D eigenvalue weighted by atomic mass is 15.8. The van der Waals surface area contributed by atoms with Crippen molar-refractivity contribution in [2.45, 2.75) is 6.54 Å². The minimum atomic E-state index is 0.137. The van der Waals surface area contributed by atoms with Crippen molar-refractivity contribution in [1.29, 1.82) is 0 Å². The summed E-state index contributed by atoms with van der Waals surface area (Å²) in [6.07, 6.45) is 8.01. The highest BCUT2D eigenvalue weighted by Crippen LogP contribution is 2.34. The number of nitrogen functional groups attached to an aromatic ring is 1. The Morgan fingerprint density at radius 2 is 2.06 bits per heavy atom. The van der Waals surface area contributed by atoms with Gasteiger partial charge in [-0.1, -0.05) is 32.9 Å². The van der Waals surface area contributed by atoms with Gasteiger partial charge in [-0.25, -0.2) is 24.8 Å². The topological polar surface area (TPSA) is 152 Å². The maximum atomic E-state index is 7.37. The molecule has 0 radical (unpaired) electrons. The number of aromatic nitrogens is 12. The van der Waals surface area contributed by atoms with Gasteiger partial charge in [0.05, 0.1) is 34.9 Å². The molecular weight excluding hydrogens is 448 g/mol. The molecule has 5 heterocycles. The van der Waals surface area contributed by atoms with Crippen molar-refractivity contribution in [2.24, 2.45) is 0 Å². The predicted octanol–water partition coefficient (Wildman–Crippen LogP) is 0.816. The summed E-state index contributed by atoms with van der Waals surface area (Å²) in [5, 5.41) is 16.8. The molecule has 14 nitrogen and oxygen atoms in total. The number of rotatable bonds is 5. The molecule has 0 aliphatic carbocycles. The van der Waals surface area contributed by atoms with E-state index in [1.165, 1.54) is 17.2 Å². The Kier molecular flexibility index (Phi) is 4.63. The van der Waals surface area contributed by atoms with Gasteiger partial charge in [0.25, 0.3) is 6.33 Å². The van der Waals surface area contributed by atoms with Gasteiger partial charge in [-0.05, 0) is 28.6 Å². The van der Waals surface area contributed by atoms with Crippen molar-refractivity contribution in [1.82, 2.24) is 54.5 Å². The molecule has 0 saturated heterocycles. The van der Waals surface area contributed by atoms with Crippen LogP contribution in [0.25, 0.3) is 33.0 Å². The van der Waals surface area contributed by atoms with E-state index < -0.39 is 0 Å². The summed E-state index contributed by atoms with van der Waals surface area (Å²) in [6.45, 7) is 7.56. The SMILES string of the molecule is [C-]#[N+]c1cccc(-c2nc(N)n3nc(C[n+]4nncn4-n4cccn4)nc3c2-c2ccncn2)c1. The highest BCUT2D eigenvalue weighted by molar-refractivity contribution is 5.89. The third kappa shape index (κ3) is 3.49. The molecule has 0 aliphatic rings. The van der Waals surface area contributed by atoms with E-state index >= 15 is 0 Å². The van der Waals surface area contributed by atoms with Gasteiger partial charge in [-0.3, -0.25) is 0 Å². The molecule has 35 heavy (non-hydrogen) atoms. The van der Waals surface area contributed by atoms with Crippen LogP contribution in [-0.2, 0) is 6.54 Å². The lowest BCUT2D eigenvalue weighted by Gasteiger charge is -2.11. The summed E-state index contributed by atoms with van der Waals surface area (Å²) < 4.78 is 1.46. The van der Waals surface area contributed by atoms with E-state index in [-0.39, 0.29) is 12.5 Å². The summed E-state index contributed by atoms with van der Waals surface area (Å²) in [5.41, 5.74) is 9.69. The molecule has 0 atom stereocenters. The molecule has 6 aromatic rings. The van der Waals surface area contributed by atoms with E-state index in [2.05, 4.69) is 40.3 Å². The van der Waals surface area contributed by atoms with Crippen LogP contribution >= 0.6 is 0 Å². The van der Waals surface area contributed by atoms with Crippen LogP contribution in [0.15, 0.2) is 67.6 Å². The standard InChI is InChI=1S/C21H15N14/c1-23-15-5-2-4-14(10-15)19-18(16-6-8-24-12-25-16)20-28-17(30-35(20)21(22)29-19)11-33-31-26-13-34(33)32-9-3-7-27-32/h2-10,12-13H,11H2,(H2,22,29)/q+1. The molecule has 6 rings (SSSR count). The maximum Gasteiger partial charge on any atom is 0.266 e. The number of nitrogens with zero attached hydrogens (tertiary/aromatic N) is 13. The zero-order valence-corrected chi connectivity index (χ0v) is 17.9. The number of hydrogen-bond acceptors (Lipinski definition) is 9. The molecule has 168 valence electrons. The summed E-state index contributed by atoms with van der Waals surface area (Å²) >= 11 is 0. The minimum Gasteiger partial charge on any atom is -0.368 e. The summed E-state index contributed by atoms with van der Waals surface area (Å²) in [6, 6.07) is 10.7. The van der Waals surface area contributed by atoms with Crippen LogP contribution in [0.5, 0.6) is 0 Å². The maximum absolute atomic E-state index is 7.37. The first-order chi connectivity index (χ1) is 17.2. The lowest BCUT2D eigenvalue weighted by Crippen LogP contribution is -2.49. The summed E-state index contributed by atoms with van der Waals surface area (Å²) in [7, 11) is 0. The summed E-state index contributed by atoms with van der Waals surface area (Å²) in [5.74, 6) is 0.561. The second-order valence-corrected chi connectivity index (χ2v) is 7.31. The fourth-order valence-corrected chi connectivity index (χ4v) is 3.67. The number of hydrogen-bond donors (Lipinski definition) is 1. The van der Waals surface area contributed by atoms with Crippen LogP contribution in [0.3, 0.4) is 0 Å². The Hall–Kier alpha value is -5.58. The first-order valence-electron chi connectivity index (χ1n) is 10.3. The molecule has 5 aromatic heterocycles. The van der Waals surface area contributed by atoms with Gasteiger partial charge in [0.15, 0.2) is 23.7 Å². The fourth-order valence-electron chi connectivity index (χ4n) is 3.67. The van der Waals surface area contributed by atoms with Crippen LogP contribution < -0.4 is 10.5 Å². The quantitative estimate of drug-likeness (QED) is 0.289. The molecule has 0 amide bonds. The van der Waals surface area contributed by atoms with Crippen molar-refractivity contribution < 1.29 is 4.80 Å². The molecule has 0 saturated carbocycles. The van der Waals surface area contributed by atoms with E-state index in [1.54, 1.807) is 63.3 Å². The van der Waals surface area contributed by atoms with Gasteiger partial charge < -0.3 is 5.73 Å². The Balaban J connectivity index is 1.54. The molecule has 14 heteroatoms. The molecule has 0 spiro atoms. The Labute approximate surface area is 196 Å². The van der Waals surface area contributed by atoms with Crippen LogP contribution in [0, 0.1) is 6.57 Å². The lowest BCUT2D eigenvalue weighted by atomic mass is 10.0. The Morgan fingerprint density at radius 1 is 1.11 bits per heavy atom. The second-order valence-electron chi connectivity index (χ2n) is 7.31. The molecule has 0 fully saturated rings. The van der Waals surface area contributed by atoms with E-state index in [1.807, 2.05) is 6.07 Å². The number of tetrazole rings is 1. The number of benzene rings is 1. The smallest absolute Gasteiger partial charge is 0.266 e. The van der Waals surface area contributed by atoms with E-state index in [0.29, 0.717) is 39.7 Å². The van der Waals surface area contributed by atoms with E-state index in [4.69, 9.17) is 17.3 Å². The second kappa shape index (κ2) is 8.08. The van der Waals surface area contributed by atoms with E-state index in [0.717, 1.165) is 0 Å². The average molecular weight is 463 g/mol. The van der Waals surface area contributed by atoms with Crippen LogP contribution in [0.2, 0.25) is 0 Å². The predicted molar refractivity (Wildman–Crippen MR) is 120 cm³/mol. The zero-order valence-electron chi connectivity index (χ0n) is 17.9. The van der Waals surface area contributed by atoms with Gasteiger partial charge in [0.2, 0.25) is 5.95 Å². The van der Waals surface area contributed by atoms with Gasteiger partial charge in [0.1, 0.15) is 12.5 Å². The van der Waals surface area contributed by atoms with Gasteiger partial charge in [0, 0.05) is 11.3 Å². The zero-order chi connectivity index (χ0) is 23.8. The first kappa shape index (κ1) is 20.1. The molecule has 0 bridgehead atoms. The van der Waals surface area contributed by atoms with Crippen LogP contribution in [0.4, 0.5) is 11.6 Å². The molecule has 2 N–H and O–H groups in total. The summed E-state index contributed by atoms with van der Waals surface area (Å²) in [4.78, 5) is 26.1.